The Hall–Kier alpha value is -2.76. The summed E-state index contributed by atoms with van der Waals surface area (Å²) in [6.45, 7) is 0.304. The van der Waals surface area contributed by atoms with E-state index in [1.54, 1.807) is 42.5 Å². The first-order valence-electron chi connectivity index (χ1n) is 8.49. The highest BCUT2D eigenvalue weighted by atomic mass is 79.9. The van der Waals surface area contributed by atoms with Crippen molar-refractivity contribution in [1.29, 1.82) is 10.5 Å². The predicted octanol–water partition coefficient (Wildman–Crippen LogP) is 7.27. The molecule has 142 valence electrons. The molecule has 0 saturated heterocycles. The fourth-order valence-electron chi connectivity index (χ4n) is 2.59. The zero-order valence-corrected chi connectivity index (χ0v) is 18.1. The molecule has 0 fully saturated rings. The summed E-state index contributed by atoms with van der Waals surface area (Å²) in [6, 6.07) is 22.0. The monoisotopic (exact) mass is 482 g/mol. The van der Waals surface area contributed by atoms with Crippen LogP contribution >= 0.6 is 39.1 Å². The zero-order chi connectivity index (χ0) is 20.8. The number of hydrogen-bond donors (Lipinski definition) is 0. The van der Waals surface area contributed by atoms with Gasteiger partial charge in [-0.15, -0.1) is 0 Å². The van der Waals surface area contributed by atoms with Gasteiger partial charge < -0.3 is 4.74 Å². The second-order valence-electron chi connectivity index (χ2n) is 6.07. The molecule has 0 saturated carbocycles. The molecule has 0 atom stereocenters. The molecular weight excluding hydrogens is 471 g/mol. The Morgan fingerprint density at radius 1 is 1.00 bits per heavy atom. The third-order valence-corrected chi connectivity index (χ3v) is 5.32. The lowest BCUT2D eigenvalue weighted by Gasteiger charge is -2.10. The fourth-order valence-corrected chi connectivity index (χ4v) is 3.56. The van der Waals surface area contributed by atoms with E-state index in [9.17, 15) is 5.26 Å². The second kappa shape index (κ2) is 9.63. The number of hydrogen-bond acceptors (Lipinski definition) is 3. The zero-order valence-electron chi connectivity index (χ0n) is 15.0. The average Bonchev–Trinajstić information content (AvgIpc) is 2.72. The molecule has 0 radical (unpaired) electrons. The number of allylic oxidation sites excluding steroid dienone is 1. The van der Waals surface area contributed by atoms with Crippen LogP contribution < -0.4 is 4.74 Å². The van der Waals surface area contributed by atoms with Crippen LogP contribution in [0.1, 0.15) is 22.3 Å². The van der Waals surface area contributed by atoms with E-state index < -0.39 is 0 Å². The van der Waals surface area contributed by atoms with E-state index >= 15 is 0 Å². The Kier molecular flexibility index (Phi) is 6.96. The van der Waals surface area contributed by atoms with E-state index in [-0.39, 0.29) is 0 Å². The molecule has 0 amide bonds. The smallest absolute Gasteiger partial charge is 0.134 e. The minimum absolute atomic E-state index is 0.304. The van der Waals surface area contributed by atoms with E-state index in [0.29, 0.717) is 33.5 Å². The first kappa shape index (κ1) is 21.0. The van der Waals surface area contributed by atoms with Gasteiger partial charge in [-0.25, -0.2) is 0 Å². The Balaban J connectivity index is 1.78. The molecule has 0 aliphatic carbocycles. The maximum atomic E-state index is 9.51. The molecule has 0 aromatic heterocycles. The van der Waals surface area contributed by atoms with Crippen LogP contribution in [0.15, 0.2) is 65.1 Å². The van der Waals surface area contributed by atoms with Crippen LogP contribution in [0.3, 0.4) is 0 Å². The van der Waals surface area contributed by atoms with Crippen molar-refractivity contribution in [2.75, 3.05) is 0 Å². The molecule has 0 heterocycles. The minimum atomic E-state index is 0.304. The highest BCUT2D eigenvalue weighted by Crippen LogP contribution is 2.30. The van der Waals surface area contributed by atoms with E-state index in [1.807, 2.05) is 24.3 Å². The Bertz CT molecular complexity index is 1160. The molecule has 0 unspecified atom stereocenters. The van der Waals surface area contributed by atoms with Crippen molar-refractivity contribution in [3.05, 3.63) is 97.4 Å². The molecule has 0 bridgehead atoms. The third kappa shape index (κ3) is 5.40. The number of ether oxygens (including phenoxy) is 1. The summed E-state index contributed by atoms with van der Waals surface area (Å²) in [6.07, 6.45) is 1.78. The topological polar surface area (TPSA) is 56.8 Å². The Morgan fingerprint density at radius 2 is 1.76 bits per heavy atom. The maximum absolute atomic E-state index is 9.51. The van der Waals surface area contributed by atoms with Gasteiger partial charge in [-0.1, -0.05) is 47.5 Å². The quantitative estimate of drug-likeness (QED) is 0.283. The summed E-state index contributed by atoms with van der Waals surface area (Å²) in [5, 5.41) is 19.5. The SMILES string of the molecule is N#C/C(=C/c1ccc(OCc2ccc(Cl)cc2Cl)c(Br)c1)c1ccc(C#N)cc1. The summed E-state index contributed by atoms with van der Waals surface area (Å²) in [7, 11) is 0. The van der Waals surface area contributed by atoms with Crippen molar-refractivity contribution < 1.29 is 4.74 Å². The number of halogens is 3. The van der Waals surface area contributed by atoms with Gasteiger partial charge in [0.1, 0.15) is 12.4 Å². The van der Waals surface area contributed by atoms with Crippen molar-refractivity contribution >= 4 is 50.8 Å². The Labute approximate surface area is 187 Å². The number of nitriles is 2. The molecule has 6 heteroatoms. The van der Waals surface area contributed by atoms with E-state index in [1.165, 1.54) is 0 Å². The number of benzene rings is 3. The molecule has 3 aromatic carbocycles. The molecule has 0 spiro atoms. The van der Waals surface area contributed by atoms with Crippen molar-refractivity contribution in [2.45, 2.75) is 6.61 Å². The summed E-state index contributed by atoms with van der Waals surface area (Å²) >= 11 is 15.6. The van der Waals surface area contributed by atoms with Crippen LogP contribution in [0.5, 0.6) is 5.75 Å². The largest absolute Gasteiger partial charge is 0.488 e. The molecule has 3 nitrogen and oxygen atoms in total. The van der Waals surface area contributed by atoms with E-state index in [0.717, 1.165) is 21.2 Å². The van der Waals surface area contributed by atoms with Crippen molar-refractivity contribution in [3.8, 4) is 17.9 Å². The maximum Gasteiger partial charge on any atom is 0.134 e. The van der Waals surface area contributed by atoms with Crippen LogP contribution in [0.4, 0.5) is 0 Å². The van der Waals surface area contributed by atoms with Gasteiger partial charge in [-0.3, -0.25) is 0 Å². The first-order valence-corrected chi connectivity index (χ1v) is 10.0. The standard InChI is InChI=1S/C23H13BrCl2N2O/c24-21-10-16(9-19(13-28)17-4-1-15(12-27)2-5-17)3-8-23(21)29-14-18-6-7-20(25)11-22(18)26/h1-11H,14H2/b19-9-. The predicted molar refractivity (Wildman–Crippen MR) is 120 cm³/mol. The van der Waals surface area contributed by atoms with Crippen LogP contribution in [0.2, 0.25) is 10.0 Å². The Morgan fingerprint density at radius 3 is 2.38 bits per heavy atom. The number of nitrogens with zero attached hydrogens (tertiary/aromatic N) is 2. The van der Waals surface area contributed by atoms with Gasteiger partial charge in [0.15, 0.2) is 0 Å². The van der Waals surface area contributed by atoms with Gasteiger partial charge >= 0.3 is 0 Å². The lowest BCUT2D eigenvalue weighted by molar-refractivity contribution is 0.304. The van der Waals surface area contributed by atoms with Gasteiger partial charge in [0.25, 0.3) is 0 Å². The van der Waals surface area contributed by atoms with Gasteiger partial charge in [0.2, 0.25) is 0 Å². The van der Waals surface area contributed by atoms with Crippen LogP contribution in [-0.4, -0.2) is 0 Å². The first-order chi connectivity index (χ1) is 14.0. The molecule has 3 rings (SSSR count). The molecule has 0 aliphatic rings. The van der Waals surface area contributed by atoms with Gasteiger partial charge in [-0.05, 0) is 69.5 Å². The molecule has 3 aromatic rings. The molecule has 0 aliphatic heterocycles. The highest BCUT2D eigenvalue weighted by molar-refractivity contribution is 9.10. The summed E-state index contributed by atoms with van der Waals surface area (Å²) in [5.74, 6) is 0.657. The average molecular weight is 484 g/mol. The lowest BCUT2D eigenvalue weighted by atomic mass is 10.0. The second-order valence-corrected chi connectivity index (χ2v) is 7.77. The highest BCUT2D eigenvalue weighted by Gasteiger charge is 2.07. The third-order valence-electron chi connectivity index (χ3n) is 4.11. The summed E-state index contributed by atoms with van der Waals surface area (Å²) in [5.41, 5.74) is 3.48. The minimum Gasteiger partial charge on any atom is -0.488 e. The fraction of sp³-hybridized carbons (Fsp3) is 0.0435. The molecule has 0 N–H and O–H groups in total. The van der Waals surface area contributed by atoms with Crippen molar-refractivity contribution in [1.82, 2.24) is 0 Å². The van der Waals surface area contributed by atoms with Gasteiger partial charge in [0.05, 0.1) is 27.7 Å². The van der Waals surface area contributed by atoms with Crippen LogP contribution in [0, 0.1) is 22.7 Å². The van der Waals surface area contributed by atoms with Crippen molar-refractivity contribution in [3.63, 3.8) is 0 Å². The summed E-state index contributed by atoms with van der Waals surface area (Å²) < 4.78 is 6.61. The number of rotatable bonds is 5. The van der Waals surface area contributed by atoms with Crippen LogP contribution in [-0.2, 0) is 6.61 Å². The molecule has 29 heavy (non-hydrogen) atoms. The van der Waals surface area contributed by atoms with E-state index in [4.69, 9.17) is 33.2 Å². The van der Waals surface area contributed by atoms with Gasteiger partial charge in [0, 0.05) is 15.6 Å². The van der Waals surface area contributed by atoms with Crippen LogP contribution in [0.25, 0.3) is 11.6 Å². The van der Waals surface area contributed by atoms with E-state index in [2.05, 4.69) is 28.1 Å². The van der Waals surface area contributed by atoms with Gasteiger partial charge in [-0.2, -0.15) is 10.5 Å². The lowest BCUT2D eigenvalue weighted by Crippen LogP contribution is -1.97. The molecular formula is C23H13BrCl2N2O. The summed E-state index contributed by atoms with van der Waals surface area (Å²) in [4.78, 5) is 0. The van der Waals surface area contributed by atoms with Crippen molar-refractivity contribution in [2.24, 2.45) is 0 Å². The normalized spacial score (nSPS) is 10.9.